The summed E-state index contributed by atoms with van der Waals surface area (Å²) in [7, 11) is 0. The number of carbonyl (C=O) groups excluding carboxylic acids is 1. The predicted molar refractivity (Wildman–Crippen MR) is 68.7 cm³/mol. The van der Waals surface area contributed by atoms with E-state index >= 15 is 0 Å². The minimum absolute atomic E-state index is 0.0372. The normalized spacial score (nSPS) is 10.7. The van der Waals surface area contributed by atoms with Gasteiger partial charge in [0.1, 0.15) is 6.61 Å². The van der Waals surface area contributed by atoms with E-state index in [1.54, 1.807) is 18.2 Å². The maximum absolute atomic E-state index is 11.5. The maximum Gasteiger partial charge on any atom is 0.323 e. The fourth-order valence-electron chi connectivity index (χ4n) is 1.62. The lowest BCUT2D eigenvalue weighted by atomic mass is 10.3. The molecule has 0 aliphatic rings. The van der Waals surface area contributed by atoms with Crippen LogP contribution in [-0.2, 0) is 9.53 Å². The molecule has 0 bridgehead atoms. The van der Waals surface area contributed by atoms with Gasteiger partial charge in [0.2, 0.25) is 5.91 Å². The van der Waals surface area contributed by atoms with Crippen molar-refractivity contribution < 1.29 is 9.53 Å². The summed E-state index contributed by atoms with van der Waals surface area (Å²) in [4.78, 5) is 27.9. The van der Waals surface area contributed by atoms with Crippen molar-refractivity contribution in [3.05, 3.63) is 28.7 Å². The number of aromatic nitrogens is 2. The van der Waals surface area contributed by atoms with Crippen molar-refractivity contribution in [1.82, 2.24) is 9.97 Å². The number of fused-ring (bicyclic) bond motifs is 1. The van der Waals surface area contributed by atoms with Crippen LogP contribution in [0.4, 0.5) is 5.69 Å². The number of aromatic amines is 2. The molecule has 3 N–H and O–H groups in total. The Hall–Kier alpha value is -2.08. The molecule has 0 saturated carbocycles. The number of H-pyrrole nitrogens is 2. The fraction of sp³-hybridized carbons (Fsp3) is 0.333. The van der Waals surface area contributed by atoms with Crippen LogP contribution in [0.3, 0.4) is 0 Å². The van der Waals surface area contributed by atoms with Crippen molar-refractivity contribution in [2.75, 3.05) is 18.5 Å². The van der Waals surface area contributed by atoms with Crippen LogP contribution < -0.4 is 11.0 Å². The van der Waals surface area contributed by atoms with E-state index in [9.17, 15) is 9.59 Å². The third kappa shape index (κ3) is 2.98. The second-order valence-corrected chi connectivity index (χ2v) is 3.94. The van der Waals surface area contributed by atoms with E-state index in [1.165, 1.54) is 0 Å². The summed E-state index contributed by atoms with van der Waals surface area (Å²) in [5, 5.41) is 2.70. The molecule has 1 amide bonds. The molecule has 2 rings (SSSR count). The first-order valence-corrected chi connectivity index (χ1v) is 5.78. The summed E-state index contributed by atoms with van der Waals surface area (Å²) < 4.78 is 5.13. The number of hydrogen-bond acceptors (Lipinski definition) is 3. The number of amides is 1. The number of imidazole rings is 1. The first kappa shape index (κ1) is 12.4. The first-order valence-electron chi connectivity index (χ1n) is 5.78. The Morgan fingerprint density at radius 3 is 2.89 bits per heavy atom. The highest BCUT2D eigenvalue weighted by Gasteiger charge is 2.04. The molecule has 18 heavy (non-hydrogen) atoms. The maximum atomic E-state index is 11.5. The van der Waals surface area contributed by atoms with Crippen LogP contribution >= 0.6 is 0 Å². The van der Waals surface area contributed by atoms with Gasteiger partial charge in [0.25, 0.3) is 0 Å². The molecule has 1 aromatic carbocycles. The Balaban J connectivity index is 2.02. The zero-order valence-electron chi connectivity index (χ0n) is 10.1. The van der Waals surface area contributed by atoms with E-state index < -0.39 is 0 Å². The molecule has 0 spiro atoms. The summed E-state index contributed by atoms with van der Waals surface area (Å²) in [6.45, 7) is 2.58. The van der Waals surface area contributed by atoms with Crippen LogP contribution in [0.2, 0.25) is 0 Å². The molecule has 0 aliphatic heterocycles. The topological polar surface area (TPSA) is 87.0 Å². The highest BCUT2D eigenvalue weighted by atomic mass is 16.5. The van der Waals surface area contributed by atoms with Crippen LogP contribution in [0.1, 0.15) is 13.3 Å². The lowest BCUT2D eigenvalue weighted by Crippen LogP contribution is -2.18. The zero-order chi connectivity index (χ0) is 13.0. The SMILES string of the molecule is CCCOCC(=O)Nc1ccc2[nH]c(=O)[nH]c2c1. The van der Waals surface area contributed by atoms with Gasteiger partial charge in [-0.05, 0) is 24.6 Å². The molecule has 0 atom stereocenters. The third-order valence-electron chi connectivity index (χ3n) is 2.38. The molecule has 0 aliphatic carbocycles. The molecule has 0 saturated heterocycles. The molecule has 0 unspecified atom stereocenters. The Labute approximate surface area is 103 Å². The van der Waals surface area contributed by atoms with Crippen molar-refractivity contribution in [3.8, 4) is 0 Å². The molecule has 2 aromatic rings. The van der Waals surface area contributed by atoms with E-state index in [4.69, 9.17) is 4.74 Å². The number of rotatable bonds is 5. The van der Waals surface area contributed by atoms with E-state index in [0.29, 0.717) is 23.3 Å². The predicted octanol–water partition coefficient (Wildman–Crippen LogP) is 1.22. The number of anilines is 1. The minimum atomic E-state index is -0.264. The van der Waals surface area contributed by atoms with E-state index in [1.807, 2.05) is 6.92 Å². The van der Waals surface area contributed by atoms with Gasteiger partial charge in [-0.1, -0.05) is 6.92 Å². The largest absolute Gasteiger partial charge is 0.372 e. The number of carbonyl (C=O) groups is 1. The summed E-state index contributed by atoms with van der Waals surface area (Å²) >= 11 is 0. The van der Waals surface area contributed by atoms with Gasteiger partial charge in [-0.15, -0.1) is 0 Å². The quantitative estimate of drug-likeness (QED) is 0.696. The summed E-state index contributed by atoms with van der Waals surface area (Å²) in [6.07, 6.45) is 0.879. The number of hydrogen-bond donors (Lipinski definition) is 3. The van der Waals surface area contributed by atoms with Gasteiger partial charge in [-0.3, -0.25) is 4.79 Å². The number of ether oxygens (including phenoxy) is 1. The fourth-order valence-corrected chi connectivity index (χ4v) is 1.62. The first-order chi connectivity index (χ1) is 8.69. The molecule has 0 radical (unpaired) electrons. The van der Waals surface area contributed by atoms with E-state index in [0.717, 1.165) is 6.42 Å². The van der Waals surface area contributed by atoms with Gasteiger partial charge >= 0.3 is 5.69 Å². The lowest BCUT2D eigenvalue weighted by molar-refractivity contribution is -0.120. The van der Waals surface area contributed by atoms with Crippen molar-refractivity contribution in [2.45, 2.75) is 13.3 Å². The molecule has 1 heterocycles. The number of nitrogens with one attached hydrogen (secondary N) is 3. The summed E-state index contributed by atoms with van der Waals surface area (Å²) in [5.41, 5.74) is 1.73. The van der Waals surface area contributed by atoms with Gasteiger partial charge in [-0.25, -0.2) is 4.79 Å². The zero-order valence-corrected chi connectivity index (χ0v) is 10.1. The number of benzene rings is 1. The molecule has 1 aromatic heterocycles. The molecule has 6 nitrogen and oxygen atoms in total. The third-order valence-corrected chi connectivity index (χ3v) is 2.38. The van der Waals surface area contributed by atoms with Crippen LogP contribution in [0.25, 0.3) is 11.0 Å². The van der Waals surface area contributed by atoms with E-state index in [-0.39, 0.29) is 18.2 Å². The van der Waals surface area contributed by atoms with Gasteiger partial charge < -0.3 is 20.0 Å². The van der Waals surface area contributed by atoms with Crippen LogP contribution in [0, 0.1) is 0 Å². The minimum Gasteiger partial charge on any atom is -0.372 e. The van der Waals surface area contributed by atoms with Gasteiger partial charge in [0, 0.05) is 12.3 Å². The molecular weight excluding hydrogens is 234 g/mol. The van der Waals surface area contributed by atoms with Crippen molar-refractivity contribution in [3.63, 3.8) is 0 Å². The summed E-state index contributed by atoms with van der Waals surface area (Å²) in [5.74, 6) is -0.208. The Morgan fingerprint density at radius 2 is 2.11 bits per heavy atom. The average molecular weight is 249 g/mol. The Morgan fingerprint density at radius 1 is 1.33 bits per heavy atom. The monoisotopic (exact) mass is 249 g/mol. The van der Waals surface area contributed by atoms with Gasteiger partial charge in [0.15, 0.2) is 0 Å². The average Bonchev–Trinajstić information content (AvgIpc) is 2.69. The Kier molecular flexibility index (Phi) is 3.78. The smallest absolute Gasteiger partial charge is 0.323 e. The lowest BCUT2D eigenvalue weighted by Gasteiger charge is -2.05. The van der Waals surface area contributed by atoms with E-state index in [2.05, 4.69) is 15.3 Å². The van der Waals surface area contributed by atoms with Crippen molar-refractivity contribution in [2.24, 2.45) is 0 Å². The van der Waals surface area contributed by atoms with Crippen molar-refractivity contribution in [1.29, 1.82) is 0 Å². The van der Waals surface area contributed by atoms with Crippen LogP contribution in [0.5, 0.6) is 0 Å². The Bertz CT molecular complexity index is 600. The second-order valence-electron chi connectivity index (χ2n) is 3.94. The summed E-state index contributed by atoms with van der Waals surface area (Å²) in [6, 6.07) is 5.16. The molecular formula is C12H15N3O3. The standard InChI is InChI=1S/C12H15N3O3/c1-2-5-18-7-11(16)13-8-3-4-9-10(6-8)15-12(17)14-9/h3-4,6H,2,5,7H2,1H3,(H,13,16)(H2,14,15,17). The van der Waals surface area contributed by atoms with Gasteiger partial charge in [0.05, 0.1) is 11.0 Å². The molecule has 6 heteroatoms. The van der Waals surface area contributed by atoms with Crippen molar-refractivity contribution >= 4 is 22.6 Å². The van der Waals surface area contributed by atoms with Gasteiger partial charge in [-0.2, -0.15) is 0 Å². The van der Waals surface area contributed by atoms with Crippen LogP contribution in [0.15, 0.2) is 23.0 Å². The van der Waals surface area contributed by atoms with Crippen LogP contribution in [-0.4, -0.2) is 29.1 Å². The highest BCUT2D eigenvalue weighted by molar-refractivity contribution is 5.93. The highest BCUT2D eigenvalue weighted by Crippen LogP contribution is 2.14. The second kappa shape index (κ2) is 5.50. The molecule has 96 valence electrons. The molecule has 0 fully saturated rings.